The molecule has 0 fully saturated rings. The second-order valence-corrected chi connectivity index (χ2v) is 7.22. The van der Waals surface area contributed by atoms with Gasteiger partial charge in [-0.05, 0) is 41.7 Å². The number of hydrogen-bond acceptors (Lipinski definition) is 2. The average Bonchev–Trinajstić information content (AvgIpc) is 2.78. The van der Waals surface area contributed by atoms with Crippen molar-refractivity contribution in [2.45, 2.75) is 26.2 Å². The van der Waals surface area contributed by atoms with Gasteiger partial charge in [0.2, 0.25) is 0 Å². The first-order valence-electron chi connectivity index (χ1n) is 10.4. The Morgan fingerprint density at radius 1 is 0.800 bits per heavy atom. The molecular formula is C28H28O2. The highest BCUT2D eigenvalue weighted by Gasteiger charge is 2.22. The van der Waals surface area contributed by atoms with Crippen molar-refractivity contribution in [1.82, 2.24) is 0 Å². The second-order valence-electron chi connectivity index (χ2n) is 7.22. The van der Waals surface area contributed by atoms with Crippen molar-refractivity contribution in [3.05, 3.63) is 119 Å². The summed E-state index contributed by atoms with van der Waals surface area (Å²) in [6.07, 6.45) is 4.66. The van der Waals surface area contributed by atoms with Crippen LogP contribution in [0.1, 0.15) is 42.9 Å². The molecule has 0 saturated carbocycles. The summed E-state index contributed by atoms with van der Waals surface area (Å²) in [5, 5.41) is 0. The fourth-order valence-corrected chi connectivity index (χ4v) is 3.58. The largest absolute Gasteiger partial charge is 0.466 e. The molecule has 1 unspecified atom stereocenters. The highest BCUT2D eigenvalue weighted by molar-refractivity contribution is 5.75. The molecule has 1 atom stereocenters. The lowest BCUT2D eigenvalue weighted by atomic mass is 9.83. The van der Waals surface area contributed by atoms with E-state index in [1.807, 2.05) is 61.5 Å². The molecule has 0 aliphatic heterocycles. The van der Waals surface area contributed by atoms with E-state index in [0.29, 0.717) is 13.0 Å². The van der Waals surface area contributed by atoms with Gasteiger partial charge in [0.15, 0.2) is 0 Å². The lowest BCUT2D eigenvalue weighted by molar-refractivity contribution is -0.143. The van der Waals surface area contributed by atoms with E-state index >= 15 is 0 Å². The van der Waals surface area contributed by atoms with Crippen LogP contribution in [0.25, 0.3) is 12.2 Å². The van der Waals surface area contributed by atoms with Gasteiger partial charge in [-0.2, -0.15) is 0 Å². The van der Waals surface area contributed by atoms with Gasteiger partial charge in [-0.1, -0.05) is 103 Å². The van der Waals surface area contributed by atoms with Crippen LogP contribution in [0.15, 0.2) is 102 Å². The molecule has 0 amide bonds. The normalized spacial score (nSPS) is 13.0. The van der Waals surface area contributed by atoms with E-state index in [1.54, 1.807) is 0 Å². The molecule has 3 aromatic carbocycles. The van der Waals surface area contributed by atoms with Crippen LogP contribution >= 0.6 is 0 Å². The van der Waals surface area contributed by atoms with E-state index in [0.717, 1.165) is 27.8 Å². The van der Waals surface area contributed by atoms with Crippen LogP contribution in [0.4, 0.5) is 0 Å². The summed E-state index contributed by atoms with van der Waals surface area (Å²) in [6.45, 7) is 4.34. The van der Waals surface area contributed by atoms with Gasteiger partial charge < -0.3 is 4.74 Å². The van der Waals surface area contributed by atoms with E-state index in [-0.39, 0.29) is 11.9 Å². The van der Waals surface area contributed by atoms with Crippen molar-refractivity contribution in [1.29, 1.82) is 0 Å². The van der Waals surface area contributed by atoms with E-state index in [9.17, 15) is 4.79 Å². The Morgan fingerprint density at radius 2 is 1.30 bits per heavy atom. The molecular weight excluding hydrogens is 368 g/mol. The first kappa shape index (κ1) is 21.3. The first-order valence-corrected chi connectivity index (χ1v) is 10.4. The minimum absolute atomic E-state index is 0.0922. The lowest BCUT2D eigenvalue weighted by Gasteiger charge is -2.22. The van der Waals surface area contributed by atoms with Gasteiger partial charge in [-0.3, -0.25) is 4.79 Å². The van der Waals surface area contributed by atoms with Gasteiger partial charge in [-0.25, -0.2) is 0 Å². The highest BCUT2D eigenvalue weighted by Crippen LogP contribution is 2.35. The number of benzene rings is 3. The molecule has 0 N–H and O–H groups in total. The summed E-state index contributed by atoms with van der Waals surface area (Å²) >= 11 is 0. The highest BCUT2D eigenvalue weighted by atomic mass is 16.5. The molecule has 2 heteroatoms. The molecule has 2 nitrogen and oxygen atoms in total. The predicted octanol–water partition coefficient (Wildman–Crippen LogP) is 6.91. The van der Waals surface area contributed by atoms with Crippen molar-refractivity contribution in [3.63, 3.8) is 0 Å². The van der Waals surface area contributed by atoms with Gasteiger partial charge in [-0.15, -0.1) is 0 Å². The monoisotopic (exact) mass is 396 g/mol. The molecule has 0 aliphatic rings. The quantitative estimate of drug-likeness (QED) is 0.305. The van der Waals surface area contributed by atoms with Crippen molar-refractivity contribution in [2.75, 3.05) is 6.61 Å². The first-order chi connectivity index (χ1) is 14.7. The molecule has 152 valence electrons. The van der Waals surface area contributed by atoms with Crippen LogP contribution < -0.4 is 0 Å². The van der Waals surface area contributed by atoms with Crippen LogP contribution in [-0.2, 0) is 9.53 Å². The molecule has 30 heavy (non-hydrogen) atoms. The summed E-state index contributed by atoms with van der Waals surface area (Å²) in [7, 11) is 0. The maximum absolute atomic E-state index is 12.5. The van der Waals surface area contributed by atoms with Gasteiger partial charge in [0, 0.05) is 5.92 Å². The van der Waals surface area contributed by atoms with Crippen LogP contribution in [0.3, 0.4) is 0 Å². The van der Waals surface area contributed by atoms with Crippen molar-refractivity contribution in [3.8, 4) is 0 Å². The summed E-state index contributed by atoms with van der Waals surface area (Å²) in [6, 6.07) is 30.7. The molecule has 0 bridgehead atoms. The standard InChI is InChI=1S/C28H28O2/c1-3-30-28(29)21-27(25-17-11-6-12-18-25)26(20-24-15-9-5-10-16-24)22(2)19-23-13-7-4-8-14-23/h4-20,27H,3,21H2,1-2H3/b22-19+,26-20+. The van der Waals surface area contributed by atoms with Crippen LogP contribution in [0.2, 0.25) is 0 Å². The summed E-state index contributed by atoms with van der Waals surface area (Å²) in [5.41, 5.74) is 5.59. The zero-order chi connectivity index (χ0) is 21.2. The third kappa shape index (κ3) is 6.05. The summed E-state index contributed by atoms with van der Waals surface area (Å²) < 4.78 is 5.31. The summed E-state index contributed by atoms with van der Waals surface area (Å²) in [4.78, 5) is 12.5. The van der Waals surface area contributed by atoms with Gasteiger partial charge in [0.25, 0.3) is 0 Å². The zero-order valence-corrected chi connectivity index (χ0v) is 17.6. The molecule has 0 spiro atoms. The maximum Gasteiger partial charge on any atom is 0.306 e. The molecule has 0 aromatic heterocycles. The molecule has 3 aromatic rings. The Balaban J connectivity index is 2.10. The van der Waals surface area contributed by atoms with E-state index in [4.69, 9.17) is 4.74 Å². The van der Waals surface area contributed by atoms with Gasteiger partial charge in [0.05, 0.1) is 13.0 Å². The lowest BCUT2D eigenvalue weighted by Crippen LogP contribution is -2.13. The number of hydrogen-bond donors (Lipinski definition) is 0. The molecule has 0 radical (unpaired) electrons. The Morgan fingerprint density at radius 3 is 1.83 bits per heavy atom. The van der Waals surface area contributed by atoms with Crippen molar-refractivity contribution >= 4 is 18.1 Å². The number of ether oxygens (including phenoxy) is 1. The molecule has 0 saturated heterocycles. The van der Waals surface area contributed by atoms with Crippen molar-refractivity contribution in [2.24, 2.45) is 0 Å². The third-order valence-electron chi connectivity index (χ3n) is 5.01. The maximum atomic E-state index is 12.5. The molecule has 3 rings (SSSR count). The Hall–Kier alpha value is -3.39. The topological polar surface area (TPSA) is 26.3 Å². The van der Waals surface area contributed by atoms with Crippen molar-refractivity contribution < 1.29 is 9.53 Å². The van der Waals surface area contributed by atoms with E-state index in [2.05, 4.69) is 55.5 Å². The Bertz CT molecular complexity index is 987. The zero-order valence-electron chi connectivity index (χ0n) is 17.6. The fraction of sp³-hybridized carbons (Fsp3) is 0.179. The smallest absolute Gasteiger partial charge is 0.306 e. The third-order valence-corrected chi connectivity index (χ3v) is 5.01. The summed E-state index contributed by atoms with van der Waals surface area (Å²) in [5.74, 6) is -0.275. The number of carbonyl (C=O) groups is 1. The Kier molecular flexibility index (Phi) is 7.79. The van der Waals surface area contributed by atoms with Crippen LogP contribution in [0.5, 0.6) is 0 Å². The van der Waals surface area contributed by atoms with Crippen LogP contribution in [0, 0.1) is 0 Å². The molecule has 0 aliphatic carbocycles. The van der Waals surface area contributed by atoms with E-state index < -0.39 is 0 Å². The minimum Gasteiger partial charge on any atom is -0.466 e. The molecule has 0 heterocycles. The van der Waals surface area contributed by atoms with Gasteiger partial charge >= 0.3 is 5.97 Å². The number of esters is 1. The fourth-order valence-electron chi connectivity index (χ4n) is 3.58. The van der Waals surface area contributed by atoms with Crippen LogP contribution in [-0.4, -0.2) is 12.6 Å². The Labute approximate surface area is 179 Å². The second kappa shape index (κ2) is 11.0. The number of rotatable bonds is 8. The van der Waals surface area contributed by atoms with Gasteiger partial charge in [0.1, 0.15) is 0 Å². The number of carbonyl (C=O) groups excluding carboxylic acids is 1. The SMILES string of the molecule is CCOC(=O)CC(C(=C/c1ccccc1)/C(C)=C/c1ccccc1)c1ccccc1. The van der Waals surface area contributed by atoms with E-state index in [1.165, 1.54) is 0 Å². The average molecular weight is 397 g/mol. The number of allylic oxidation sites excluding steroid dienone is 2. The minimum atomic E-state index is -0.183. The predicted molar refractivity (Wildman–Crippen MR) is 125 cm³/mol.